The lowest BCUT2D eigenvalue weighted by Gasteiger charge is -2.41. The van der Waals surface area contributed by atoms with E-state index in [2.05, 4.69) is 4.98 Å². The molecule has 1 aromatic heterocycles. The Labute approximate surface area is 187 Å². The maximum atomic E-state index is 13.4. The van der Waals surface area contributed by atoms with E-state index in [1.54, 1.807) is 14.2 Å². The molecule has 0 bridgehead atoms. The Morgan fingerprint density at radius 1 is 1.06 bits per heavy atom. The highest BCUT2D eigenvalue weighted by Crippen LogP contribution is 2.42. The van der Waals surface area contributed by atoms with Crippen LogP contribution < -0.4 is 15.0 Å². The van der Waals surface area contributed by atoms with E-state index in [0.717, 1.165) is 53.3 Å². The van der Waals surface area contributed by atoms with Crippen molar-refractivity contribution in [1.82, 2.24) is 9.88 Å². The van der Waals surface area contributed by atoms with E-state index in [4.69, 9.17) is 9.47 Å². The Morgan fingerprint density at radius 2 is 1.81 bits per heavy atom. The summed E-state index contributed by atoms with van der Waals surface area (Å²) in [5.74, 6) is 1.46. The van der Waals surface area contributed by atoms with Crippen LogP contribution in [0.2, 0.25) is 0 Å². The van der Waals surface area contributed by atoms with Crippen molar-refractivity contribution in [3.63, 3.8) is 0 Å². The Kier molecular flexibility index (Phi) is 5.16. The third-order valence-corrected chi connectivity index (χ3v) is 7.02. The van der Waals surface area contributed by atoms with Crippen molar-refractivity contribution in [3.8, 4) is 11.5 Å². The quantitative estimate of drug-likeness (QED) is 0.673. The number of carbonyl (C=O) groups is 1. The van der Waals surface area contributed by atoms with E-state index < -0.39 is 6.04 Å². The standard InChI is InChI=1S/C26H28N2O4/c1-15-6-4-9-18-12-20(25(29)27-23(15)18)24-19-14-22(32-3)21(31-2)13-17(19)10-11-28(24)26(30)16-7-5-8-16/h4,6,9,12-14,16,24H,5,7-8,10-11H2,1-3H3,(H,27,29). The molecule has 0 saturated heterocycles. The summed E-state index contributed by atoms with van der Waals surface area (Å²) >= 11 is 0. The Bertz CT molecular complexity index is 1260. The minimum atomic E-state index is -0.458. The van der Waals surface area contributed by atoms with Crippen molar-refractivity contribution in [2.24, 2.45) is 5.92 Å². The van der Waals surface area contributed by atoms with Crippen molar-refractivity contribution in [2.45, 2.75) is 38.6 Å². The topological polar surface area (TPSA) is 71.6 Å². The van der Waals surface area contributed by atoms with E-state index in [1.807, 2.05) is 48.2 Å². The molecule has 1 aliphatic carbocycles. The van der Waals surface area contributed by atoms with Gasteiger partial charge in [0.1, 0.15) is 0 Å². The number of rotatable bonds is 4. The molecule has 0 radical (unpaired) electrons. The molecule has 1 N–H and O–H groups in total. The lowest BCUT2D eigenvalue weighted by molar-refractivity contribution is -0.140. The van der Waals surface area contributed by atoms with Crippen LogP contribution in [0.25, 0.3) is 10.9 Å². The Balaban J connectivity index is 1.72. The number of aromatic amines is 1. The number of hydrogen-bond acceptors (Lipinski definition) is 4. The fourth-order valence-corrected chi connectivity index (χ4v) is 5.01. The first-order valence-corrected chi connectivity index (χ1v) is 11.2. The molecule has 2 heterocycles. The van der Waals surface area contributed by atoms with Gasteiger partial charge >= 0.3 is 0 Å². The van der Waals surface area contributed by atoms with Crippen LogP contribution in [0.5, 0.6) is 11.5 Å². The highest BCUT2D eigenvalue weighted by Gasteiger charge is 2.39. The molecule has 1 fully saturated rings. The number of aromatic nitrogens is 1. The van der Waals surface area contributed by atoms with Gasteiger partial charge in [-0.2, -0.15) is 0 Å². The van der Waals surface area contributed by atoms with Gasteiger partial charge in [0.2, 0.25) is 5.91 Å². The SMILES string of the molecule is COc1cc2c(cc1OC)C(c1cc3cccc(C)c3[nH]c1=O)N(C(=O)C1CCC1)CC2. The molecule has 3 aromatic rings. The lowest BCUT2D eigenvalue weighted by atomic mass is 9.81. The van der Waals surface area contributed by atoms with E-state index in [-0.39, 0.29) is 17.4 Å². The monoisotopic (exact) mass is 432 g/mol. The summed E-state index contributed by atoms with van der Waals surface area (Å²) in [4.78, 5) is 31.8. The average molecular weight is 433 g/mol. The molecule has 5 rings (SSSR count). The van der Waals surface area contributed by atoms with E-state index >= 15 is 0 Å². The number of methoxy groups -OCH3 is 2. The second-order valence-electron chi connectivity index (χ2n) is 8.81. The van der Waals surface area contributed by atoms with Gasteiger partial charge < -0.3 is 19.4 Å². The van der Waals surface area contributed by atoms with Gasteiger partial charge in [0.15, 0.2) is 11.5 Å². The van der Waals surface area contributed by atoms with Gasteiger partial charge in [0, 0.05) is 18.0 Å². The van der Waals surface area contributed by atoms with Crippen LogP contribution in [-0.2, 0) is 11.2 Å². The van der Waals surface area contributed by atoms with Crippen molar-refractivity contribution in [3.05, 3.63) is 69.0 Å². The van der Waals surface area contributed by atoms with Gasteiger partial charge in [-0.25, -0.2) is 0 Å². The predicted molar refractivity (Wildman–Crippen MR) is 123 cm³/mol. The van der Waals surface area contributed by atoms with Gasteiger partial charge in [0.25, 0.3) is 5.56 Å². The number of pyridine rings is 1. The number of benzene rings is 2. The van der Waals surface area contributed by atoms with Crippen molar-refractivity contribution in [2.75, 3.05) is 20.8 Å². The first-order valence-electron chi connectivity index (χ1n) is 11.2. The van der Waals surface area contributed by atoms with Gasteiger partial charge in [-0.3, -0.25) is 9.59 Å². The Morgan fingerprint density at radius 3 is 2.50 bits per heavy atom. The molecule has 0 spiro atoms. The molecule has 2 aliphatic rings. The highest BCUT2D eigenvalue weighted by molar-refractivity contribution is 5.84. The predicted octanol–water partition coefficient (Wildman–Crippen LogP) is 4.13. The third-order valence-electron chi connectivity index (χ3n) is 7.02. The van der Waals surface area contributed by atoms with Gasteiger partial charge in [-0.15, -0.1) is 0 Å². The van der Waals surface area contributed by atoms with Crippen LogP contribution in [0, 0.1) is 12.8 Å². The van der Waals surface area contributed by atoms with Crippen molar-refractivity contribution >= 4 is 16.8 Å². The largest absolute Gasteiger partial charge is 0.493 e. The molecular formula is C26H28N2O4. The number of fused-ring (bicyclic) bond motifs is 2. The molecule has 1 saturated carbocycles. The second kappa shape index (κ2) is 8.01. The summed E-state index contributed by atoms with van der Waals surface area (Å²) in [6.45, 7) is 2.56. The number of nitrogens with one attached hydrogen (secondary N) is 1. The number of H-pyrrole nitrogens is 1. The summed E-state index contributed by atoms with van der Waals surface area (Å²) < 4.78 is 11.1. The number of ether oxygens (including phenoxy) is 2. The minimum Gasteiger partial charge on any atom is -0.493 e. The maximum absolute atomic E-state index is 13.4. The molecule has 1 unspecified atom stereocenters. The zero-order valence-corrected chi connectivity index (χ0v) is 18.7. The van der Waals surface area contributed by atoms with Gasteiger partial charge in [0.05, 0.1) is 25.8 Å². The maximum Gasteiger partial charge on any atom is 0.254 e. The summed E-state index contributed by atoms with van der Waals surface area (Å²) in [7, 11) is 3.22. The minimum absolute atomic E-state index is 0.0565. The third kappa shape index (κ3) is 3.25. The number of carbonyl (C=O) groups excluding carboxylic acids is 1. The summed E-state index contributed by atoms with van der Waals surface area (Å²) in [6.07, 6.45) is 3.66. The molecule has 166 valence electrons. The number of aryl methyl sites for hydroxylation is 1. The lowest BCUT2D eigenvalue weighted by Crippen LogP contribution is -2.46. The number of nitrogens with zero attached hydrogens (tertiary/aromatic N) is 1. The van der Waals surface area contributed by atoms with Crippen molar-refractivity contribution in [1.29, 1.82) is 0 Å². The molecule has 1 aliphatic heterocycles. The van der Waals surface area contributed by atoms with E-state index in [0.29, 0.717) is 23.6 Å². The normalized spacial score (nSPS) is 18.2. The summed E-state index contributed by atoms with van der Waals surface area (Å²) in [5, 5.41) is 0.961. The van der Waals surface area contributed by atoms with Gasteiger partial charge in [-0.1, -0.05) is 24.6 Å². The molecule has 6 heteroatoms. The smallest absolute Gasteiger partial charge is 0.254 e. The summed E-state index contributed by atoms with van der Waals surface area (Å²) in [5.41, 5.74) is 4.29. The molecule has 2 aromatic carbocycles. The molecule has 1 atom stereocenters. The van der Waals surface area contributed by atoms with E-state index in [9.17, 15) is 9.59 Å². The first kappa shape index (κ1) is 20.6. The Hall–Kier alpha value is -3.28. The average Bonchev–Trinajstić information content (AvgIpc) is 2.76. The highest BCUT2D eigenvalue weighted by atomic mass is 16.5. The molecular weight excluding hydrogens is 404 g/mol. The number of amides is 1. The van der Waals surface area contributed by atoms with Crippen LogP contribution >= 0.6 is 0 Å². The number of hydrogen-bond donors (Lipinski definition) is 1. The van der Waals surface area contributed by atoms with Crippen LogP contribution in [0.4, 0.5) is 0 Å². The summed E-state index contributed by atoms with van der Waals surface area (Å²) in [6, 6.07) is 11.4. The van der Waals surface area contributed by atoms with Crippen LogP contribution in [-0.4, -0.2) is 36.6 Å². The molecule has 1 amide bonds. The van der Waals surface area contributed by atoms with Crippen LogP contribution in [0.15, 0.2) is 41.2 Å². The van der Waals surface area contributed by atoms with Gasteiger partial charge in [-0.05, 0) is 66.5 Å². The van der Waals surface area contributed by atoms with Crippen LogP contribution in [0.1, 0.15) is 47.6 Å². The molecule has 32 heavy (non-hydrogen) atoms. The zero-order chi connectivity index (χ0) is 22.4. The van der Waals surface area contributed by atoms with Crippen molar-refractivity contribution < 1.29 is 14.3 Å². The van der Waals surface area contributed by atoms with E-state index in [1.165, 1.54) is 0 Å². The zero-order valence-electron chi connectivity index (χ0n) is 18.7. The fourth-order valence-electron chi connectivity index (χ4n) is 5.01. The second-order valence-corrected chi connectivity index (χ2v) is 8.81. The molecule has 6 nitrogen and oxygen atoms in total. The fraction of sp³-hybridized carbons (Fsp3) is 0.385. The van der Waals surface area contributed by atoms with Crippen LogP contribution in [0.3, 0.4) is 0 Å². The first-order chi connectivity index (χ1) is 15.5. The number of para-hydroxylation sites is 1.